The standard InChI is InChI=1S/C32H61NO6/c1-33(2)30(27-39-24-18-11-7-9-15-21-31(34)36-3)26-38-23-17-10-6-5-8-13-19-28-25-29(28)20-14-12-16-22-32(35)37-4/h28-30H,5-27H2,1-4H3. The predicted molar refractivity (Wildman–Crippen MR) is 158 cm³/mol. The van der Waals surface area contributed by atoms with Crippen molar-refractivity contribution in [3.05, 3.63) is 0 Å². The van der Waals surface area contributed by atoms with Gasteiger partial charge in [0.15, 0.2) is 0 Å². The third kappa shape index (κ3) is 21.3. The maximum atomic E-state index is 11.1. The fourth-order valence-electron chi connectivity index (χ4n) is 5.18. The summed E-state index contributed by atoms with van der Waals surface area (Å²) < 4.78 is 21.2. The Balaban J connectivity index is 1.84. The lowest BCUT2D eigenvalue weighted by Gasteiger charge is -2.24. The van der Waals surface area contributed by atoms with Crippen molar-refractivity contribution in [3.63, 3.8) is 0 Å². The van der Waals surface area contributed by atoms with E-state index in [1.165, 1.54) is 72.0 Å². The Hall–Kier alpha value is -1.18. The molecule has 39 heavy (non-hydrogen) atoms. The summed E-state index contributed by atoms with van der Waals surface area (Å²) in [5.41, 5.74) is 0. The molecule has 0 aromatic carbocycles. The Morgan fingerprint density at radius 1 is 0.615 bits per heavy atom. The highest BCUT2D eigenvalue weighted by Gasteiger charge is 2.35. The zero-order valence-electron chi connectivity index (χ0n) is 25.9. The van der Waals surface area contributed by atoms with E-state index in [0.29, 0.717) is 25.5 Å². The fourth-order valence-corrected chi connectivity index (χ4v) is 5.18. The van der Waals surface area contributed by atoms with Crippen molar-refractivity contribution in [1.29, 1.82) is 0 Å². The lowest BCUT2D eigenvalue weighted by molar-refractivity contribution is -0.141. The summed E-state index contributed by atoms with van der Waals surface area (Å²) in [5, 5.41) is 0. The molecule has 0 amide bonds. The third-order valence-electron chi connectivity index (χ3n) is 8.11. The second-order valence-electron chi connectivity index (χ2n) is 11.7. The number of nitrogens with zero attached hydrogens (tertiary/aromatic N) is 1. The molecule has 1 saturated carbocycles. The number of hydrogen-bond acceptors (Lipinski definition) is 7. The van der Waals surface area contributed by atoms with E-state index < -0.39 is 0 Å². The van der Waals surface area contributed by atoms with Crippen LogP contribution in [0.5, 0.6) is 0 Å². The lowest BCUT2D eigenvalue weighted by atomic mass is 10.0. The van der Waals surface area contributed by atoms with Gasteiger partial charge in [-0.2, -0.15) is 0 Å². The molecule has 7 heteroatoms. The van der Waals surface area contributed by atoms with Gasteiger partial charge >= 0.3 is 11.9 Å². The van der Waals surface area contributed by atoms with Gasteiger partial charge in [0.2, 0.25) is 0 Å². The Morgan fingerprint density at radius 3 is 1.44 bits per heavy atom. The third-order valence-corrected chi connectivity index (χ3v) is 8.11. The van der Waals surface area contributed by atoms with Gasteiger partial charge in [0, 0.05) is 26.1 Å². The topological polar surface area (TPSA) is 74.3 Å². The van der Waals surface area contributed by atoms with Crippen LogP contribution < -0.4 is 0 Å². The molecule has 0 N–H and O–H groups in total. The van der Waals surface area contributed by atoms with Crippen LogP contribution in [0.15, 0.2) is 0 Å². The smallest absolute Gasteiger partial charge is 0.305 e. The highest BCUT2D eigenvalue weighted by atomic mass is 16.5. The average Bonchev–Trinajstić information content (AvgIpc) is 3.68. The molecule has 230 valence electrons. The number of methoxy groups -OCH3 is 2. The molecule has 0 saturated heterocycles. The lowest BCUT2D eigenvalue weighted by Crippen LogP contribution is -2.37. The summed E-state index contributed by atoms with van der Waals surface area (Å²) in [5.74, 6) is 1.77. The molecule has 0 aromatic heterocycles. The van der Waals surface area contributed by atoms with Crippen LogP contribution in [0, 0.1) is 11.8 Å². The van der Waals surface area contributed by atoms with Crippen molar-refractivity contribution in [1.82, 2.24) is 4.90 Å². The van der Waals surface area contributed by atoms with Gasteiger partial charge in [-0.15, -0.1) is 0 Å². The largest absolute Gasteiger partial charge is 0.469 e. The minimum atomic E-state index is -0.109. The minimum absolute atomic E-state index is 0.0734. The van der Waals surface area contributed by atoms with Gasteiger partial charge in [-0.25, -0.2) is 0 Å². The molecule has 0 aromatic rings. The van der Waals surface area contributed by atoms with Crippen LogP contribution in [0.4, 0.5) is 0 Å². The Labute approximate surface area is 240 Å². The minimum Gasteiger partial charge on any atom is -0.469 e. The molecule has 7 nitrogen and oxygen atoms in total. The van der Waals surface area contributed by atoms with Crippen molar-refractivity contribution >= 4 is 11.9 Å². The first kappa shape index (κ1) is 35.8. The van der Waals surface area contributed by atoms with Crippen molar-refractivity contribution in [2.75, 3.05) is 54.7 Å². The first-order valence-corrected chi connectivity index (χ1v) is 15.9. The molecule has 1 rings (SSSR count). The summed E-state index contributed by atoms with van der Waals surface area (Å²) in [4.78, 5) is 24.4. The van der Waals surface area contributed by atoms with Crippen LogP contribution in [0.3, 0.4) is 0 Å². The number of esters is 2. The number of hydrogen-bond donors (Lipinski definition) is 0. The second-order valence-corrected chi connectivity index (χ2v) is 11.7. The molecule has 1 aliphatic carbocycles. The SMILES string of the molecule is COC(=O)CCCCCCCOCC(COCCCCCCCCC1CC1CCCCCC(=O)OC)N(C)C. The molecule has 3 unspecified atom stereocenters. The van der Waals surface area contributed by atoms with Gasteiger partial charge < -0.3 is 23.8 Å². The van der Waals surface area contributed by atoms with Crippen LogP contribution in [0.25, 0.3) is 0 Å². The molecular formula is C32H61NO6. The van der Waals surface area contributed by atoms with Crippen LogP contribution >= 0.6 is 0 Å². The summed E-state index contributed by atoms with van der Waals surface area (Å²) >= 11 is 0. The molecular weight excluding hydrogens is 494 g/mol. The maximum Gasteiger partial charge on any atom is 0.305 e. The summed E-state index contributed by atoms with van der Waals surface area (Å²) in [7, 11) is 7.10. The summed E-state index contributed by atoms with van der Waals surface area (Å²) in [6.07, 6.45) is 21.9. The average molecular weight is 556 g/mol. The zero-order valence-corrected chi connectivity index (χ0v) is 25.9. The summed E-state index contributed by atoms with van der Waals surface area (Å²) in [6, 6.07) is 0.302. The summed E-state index contributed by atoms with van der Waals surface area (Å²) in [6.45, 7) is 3.08. The van der Waals surface area contributed by atoms with Gasteiger partial charge in [0.25, 0.3) is 0 Å². The van der Waals surface area contributed by atoms with E-state index in [1.807, 2.05) is 0 Å². The Bertz CT molecular complexity index is 599. The van der Waals surface area contributed by atoms with E-state index in [4.69, 9.17) is 14.2 Å². The number of carbonyl (C=O) groups is 2. The highest BCUT2D eigenvalue weighted by Crippen LogP contribution is 2.45. The second kappa shape index (κ2) is 24.6. The maximum absolute atomic E-state index is 11.1. The van der Waals surface area contributed by atoms with Gasteiger partial charge in [-0.3, -0.25) is 9.59 Å². The number of ether oxygens (including phenoxy) is 4. The Kier molecular flexibility index (Phi) is 22.6. The molecule has 0 aliphatic heterocycles. The van der Waals surface area contributed by atoms with E-state index in [0.717, 1.165) is 83.0 Å². The van der Waals surface area contributed by atoms with Crippen LogP contribution in [-0.4, -0.2) is 77.6 Å². The number of likely N-dealkylation sites (N-methyl/N-ethyl adjacent to an activating group) is 1. The van der Waals surface area contributed by atoms with Crippen LogP contribution in [0.2, 0.25) is 0 Å². The van der Waals surface area contributed by atoms with E-state index in [-0.39, 0.29) is 11.9 Å². The number of rotatable bonds is 28. The van der Waals surface area contributed by atoms with Gasteiger partial charge in [0.05, 0.1) is 33.5 Å². The van der Waals surface area contributed by atoms with Crippen molar-refractivity contribution in [2.24, 2.45) is 11.8 Å². The van der Waals surface area contributed by atoms with Crippen molar-refractivity contribution in [2.45, 2.75) is 128 Å². The van der Waals surface area contributed by atoms with Gasteiger partial charge in [-0.05, 0) is 58.0 Å². The van der Waals surface area contributed by atoms with Crippen molar-refractivity contribution in [3.8, 4) is 0 Å². The van der Waals surface area contributed by atoms with E-state index >= 15 is 0 Å². The monoisotopic (exact) mass is 555 g/mol. The van der Waals surface area contributed by atoms with Crippen molar-refractivity contribution < 1.29 is 28.5 Å². The van der Waals surface area contributed by atoms with Gasteiger partial charge in [-0.1, -0.05) is 77.0 Å². The number of unbranched alkanes of at least 4 members (excludes halogenated alkanes) is 11. The molecule has 0 bridgehead atoms. The molecule has 0 radical (unpaired) electrons. The first-order chi connectivity index (χ1) is 19.0. The quantitative estimate of drug-likeness (QED) is 0.0763. The fraction of sp³-hybridized carbons (Fsp3) is 0.938. The number of carbonyl (C=O) groups excluding carboxylic acids is 2. The van der Waals surface area contributed by atoms with Crippen LogP contribution in [-0.2, 0) is 28.5 Å². The molecule has 1 fully saturated rings. The van der Waals surface area contributed by atoms with E-state index in [9.17, 15) is 9.59 Å². The molecule has 0 spiro atoms. The predicted octanol–water partition coefficient (Wildman–Crippen LogP) is 6.95. The van der Waals surface area contributed by atoms with Crippen LogP contribution in [0.1, 0.15) is 122 Å². The zero-order chi connectivity index (χ0) is 28.6. The van der Waals surface area contributed by atoms with Gasteiger partial charge in [0.1, 0.15) is 0 Å². The molecule has 0 heterocycles. The Morgan fingerprint density at radius 2 is 1.00 bits per heavy atom. The molecule has 1 aliphatic rings. The van der Waals surface area contributed by atoms with E-state index in [1.54, 1.807) is 0 Å². The highest BCUT2D eigenvalue weighted by molar-refractivity contribution is 5.69. The molecule has 3 atom stereocenters. The van der Waals surface area contributed by atoms with E-state index in [2.05, 4.69) is 23.7 Å². The normalized spacial score (nSPS) is 17.4. The first-order valence-electron chi connectivity index (χ1n) is 15.9.